The minimum atomic E-state index is 0.228. The number of aromatic nitrogens is 3. The van der Waals surface area contributed by atoms with Gasteiger partial charge in [0.1, 0.15) is 0 Å². The van der Waals surface area contributed by atoms with Crippen molar-refractivity contribution in [1.29, 1.82) is 0 Å². The van der Waals surface area contributed by atoms with E-state index in [9.17, 15) is 4.79 Å². The zero-order valence-electron chi connectivity index (χ0n) is 16.9. The average molecular weight is 383 g/mol. The van der Waals surface area contributed by atoms with Crippen LogP contribution in [-0.2, 0) is 17.6 Å². The van der Waals surface area contributed by atoms with E-state index in [1.165, 1.54) is 17.0 Å². The number of amides is 1. The number of ether oxygens (including phenoxy) is 1. The molecule has 6 nitrogen and oxygen atoms in total. The smallest absolute Gasteiger partial charge is 0.256 e. The summed E-state index contributed by atoms with van der Waals surface area (Å²) in [6.07, 6.45) is 9.21. The summed E-state index contributed by atoms with van der Waals surface area (Å²) >= 11 is 0. The van der Waals surface area contributed by atoms with E-state index in [2.05, 4.69) is 39.6 Å². The molecule has 2 aliphatic carbocycles. The van der Waals surface area contributed by atoms with E-state index in [0.717, 1.165) is 69.4 Å². The molecule has 1 unspecified atom stereocenters. The van der Waals surface area contributed by atoms with E-state index < -0.39 is 0 Å². The van der Waals surface area contributed by atoms with Crippen molar-refractivity contribution < 1.29 is 9.53 Å². The highest BCUT2D eigenvalue weighted by molar-refractivity contribution is 5.96. The normalized spacial score (nSPS) is 22.9. The molecular weight excluding hydrogens is 352 g/mol. The van der Waals surface area contributed by atoms with Crippen LogP contribution < -0.4 is 0 Å². The predicted molar refractivity (Wildman–Crippen MR) is 107 cm³/mol. The van der Waals surface area contributed by atoms with E-state index in [1.54, 1.807) is 0 Å². The van der Waals surface area contributed by atoms with Gasteiger partial charge in [0.15, 0.2) is 0 Å². The molecule has 5 rings (SSSR count). The first-order chi connectivity index (χ1) is 13.6. The van der Waals surface area contributed by atoms with Crippen molar-refractivity contribution >= 4 is 5.91 Å². The Hall–Kier alpha value is -2.08. The number of nitrogens with one attached hydrogen (secondary N) is 1. The number of hydrogen-bond donors (Lipinski definition) is 1. The van der Waals surface area contributed by atoms with Crippen LogP contribution in [-0.4, -0.2) is 50.9 Å². The first kappa shape index (κ1) is 18.0. The Morgan fingerprint density at radius 3 is 2.71 bits per heavy atom. The van der Waals surface area contributed by atoms with Crippen LogP contribution in [0.4, 0.5) is 0 Å². The average Bonchev–Trinajstić information content (AvgIpc) is 3.33. The summed E-state index contributed by atoms with van der Waals surface area (Å²) in [6, 6.07) is 3.27. The predicted octanol–water partition coefficient (Wildman–Crippen LogP) is 3.34. The maximum atomic E-state index is 13.7. The number of nitrogens with zero attached hydrogens (tertiary/aromatic N) is 3. The van der Waals surface area contributed by atoms with Crippen molar-refractivity contribution in [3.8, 4) is 0 Å². The Kier molecular flexibility index (Phi) is 4.54. The number of fused-ring (bicyclic) bond motifs is 1. The lowest BCUT2D eigenvalue weighted by atomic mass is 9.91. The molecule has 150 valence electrons. The van der Waals surface area contributed by atoms with E-state index in [-0.39, 0.29) is 11.9 Å². The van der Waals surface area contributed by atoms with Crippen molar-refractivity contribution in [2.45, 2.75) is 76.9 Å². The molecule has 2 fully saturated rings. The molecule has 1 N–H and O–H groups in total. The largest absolute Gasteiger partial charge is 0.381 e. The molecule has 0 bridgehead atoms. The van der Waals surface area contributed by atoms with Gasteiger partial charge in [-0.2, -0.15) is 5.10 Å². The summed E-state index contributed by atoms with van der Waals surface area (Å²) < 4.78 is 7.92. The third kappa shape index (κ3) is 3.08. The maximum absolute atomic E-state index is 13.7. The molecule has 1 atom stereocenters. The second-order valence-electron chi connectivity index (χ2n) is 8.71. The highest BCUT2D eigenvalue weighted by atomic mass is 16.5. The van der Waals surface area contributed by atoms with Crippen LogP contribution in [0.3, 0.4) is 0 Å². The molecular formula is C22H30N4O2. The van der Waals surface area contributed by atoms with Crippen LogP contribution in [0.25, 0.3) is 0 Å². The Morgan fingerprint density at radius 2 is 1.96 bits per heavy atom. The summed E-state index contributed by atoms with van der Waals surface area (Å²) in [6.45, 7) is 5.89. The lowest BCUT2D eigenvalue weighted by Crippen LogP contribution is -2.45. The van der Waals surface area contributed by atoms with Crippen LogP contribution >= 0.6 is 0 Å². The van der Waals surface area contributed by atoms with Crippen molar-refractivity contribution in [3.63, 3.8) is 0 Å². The van der Waals surface area contributed by atoms with Gasteiger partial charge in [-0.15, -0.1) is 0 Å². The summed E-state index contributed by atoms with van der Waals surface area (Å²) in [5, 5.41) is 7.31. The van der Waals surface area contributed by atoms with Gasteiger partial charge in [0.2, 0.25) is 0 Å². The van der Waals surface area contributed by atoms with E-state index >= 15 is 0 Å². The summed E-state index contributed by atoms with van der Waals surface area (Å²) in [5.74, 6) is 0.228. The summed E-state index contributed by atoms with van der Waals surface area (Å²) in [7, 11) is 0. The molecule has 1 amide bonds. The lowest BCUT2D eigenvalue weighted by Gasteiger charge is -2.34. The van der Waals surface area contributed by atoms with Gasteiger partial charge in [-0.25, -0.2) is 0 Å². The van der Waals surface area contributed by atoms with Crippen LogP contribution in [0.2, 0.25) is 0 Å². The van der Waals surface area contributed by atoms with E-state index in [1.807, 2.05) is 6.20 Å². The van der Waals surface area contributed by atoms with Gasteiger partial charge < -0.3 is 14.2 Å². The van der Waals surface area contributed by atoms with Gasteiger partial charge in [-0.1, -0.05) is 0 Å². The fourth-order valence-corrected chi connectivity index (χ4v) is 5.25. The molecule has 0 radical (unpaired) electrons. The number of carbonyl (C=O) groups is 1. The highest BCUT2D eigenvalue weighted by Gasteiger charge is 2.40. The molecule has 1 aliphatic heterocycles. The first-order valence-corrected chi connectivity index (χ1v) is 10.7. The monoisotopic (exact) mass is 382 g/mol. The topological polar surface area (TPSA) is 63.2 Å². The number of H-pyrrole nitrogens is 1. The van der Waals surface area contributed by atoms with Gasteiger partial charge in [-0.3, -0.25) is 9.89 Å². The van der Waals surface area contributed by atoms with Gasteiger partial charge in [0.25, 0.3) is 5.91 Å². The third-order valence-corrected chi connectivity index (χ3v) is 6.83. The van der Waals surface area contributed by atoms with Crippen molar-refractivity contribution in [2.75, 3.05) is 13.2 Å². The highest BCUT2D eigenvalue weighted by Crippen LogP contribution is 2.36. The van der Waals surface area contributed by atoms with Crippen molar-refractivity contribution in [3.05, 3.63) is 40.5 Å². The number of rotatable bonds is 4. The van der Waals surface area contributed by atoms with Gasteiger partial charge in [0, 0.05) is 48.4 Å². The molecule has 3 aliphatic rings. The Labute approximate surface area is 166 Å². The number of carbonyl (C=O) groups excluding carboxylic acids is 1. The van der Waals surface area contributed by atoms with E-state index in [0.29, 0.717) is 12.1 Å². The lowest BCUT2D eigenvalue weighted by molar-refractivity contribution is 0.0638. The van der Waals surface area contributed by atoms with Gasteiger partial charge >= 0.3 is 0 Å². The zero-order valence-corrected chi connectivity index (χ0v) is 16.9. The molecule has 3 heterocycles. The van der Waals surface area contributed by atoms with Crippen LogP contribution in [0, 0.1) is 13.8 Å². The molecule has 0 spiro atoms. The standard InChI is InChI=1S/C22H30N4O2/c1-14-11-20(15(2)25(14)18-7-9-28-10-8-18)22(27)26(17-3-4-17)19-5-6-21-16(12-19)13-23-24-21/h11,13,17-19H,3-10,12H2,1-2H3,(H,23,24). The van der Waals surface area contributed by atoms with Crippen LogP contribution in [0.1, 0.15) is 71.1 Å². The molecule has 6 heteroatoms. The minimum Gasteiger partial charge on any atom is -0.381 e. The van der Waals surface area contributed by atoms with E-state index in [4.69, 9.17) is 4.74 Å². The third-order valence-electron chi connectivity index (χ3n) is 6.83. The van der Waals surface area contributed by atoms with Crippen molar-refractivity contribution in [2.24, 2.45) is 0 Å². The summed E-state index contributed by atoms with van der Waals surface area (Å²) in [5.41, 5.74) is 5.75. The summed E-state index contributed by atoms with van der Waals surface area (Å²) in [4.78, 5) is 15.9. The molecule has 1 saturated heterocycles. The van der Waals surface area contributed by atoms with Gasteiger partial charge in [-0.05, 0) is 70.4 Å². The second-order valence-corrected chi connectivity index (χ2v) is 8.71. The molecule has 2 aromatic heterocycles. The molecule has 1 saturated carbocycles. The second kappa shape index (κ2) is 7.07. The first-order valence-electron chi connectivity index (χ1n) is 10.7. The molecule has 2 aromatic rings. The Morgan fingerprint density at radius 1 is 1.18 bits per heavy atom. The zero-order chi connectivity index (χ0) is 19.3. The van der Waals surface area contributed by atoms with Crippen LogP contribution in [0.5, 0.6) is 0 Å². The fourth-order valence-electron chi connectivity index (χ4n) is 5.25. The fraction of sp³-hybridized carbons (Fsp3) is 0.636. The van der Waals surface area contributed by atoms with Crippen molar-refractivity contribution in [1.82, 2.24) is 19.7 Å². The van der Waals surface area contributed by atoms with Gasteiger partial charge in [0.05, 0.1) is 11.8 Å². The Balaban J connectivity index is 1.43. The Bertz CT molecular complexity index is 873. The number of aryl methyl sites for hydroxylation is 2. The quantitative estimate of drug-likeness (QED) is 0.882. The molecule has 28 heavy (non-hydrogen) atoms. The molecule has 0 aromatic carbocycles. The number of aromatic amines is 1. The maximum Gasteiger partial charge on any atom is 0.256 e. The SMILES string of the molecule is Cc1cc(C(=O)N(C2CC2)C2CCc3[nH]ncc3C2)c(C)n1C1CCOCC1. The van der Waals surface area contributed by atoms with Crippen LogP contribution in [0.15, 0.2) is 12.3 Å². The number of hydrogen-bond acceptors (Lipinski definition) is 3. The minimum absolute atomic E-state index is 0.228.